The van der Waals surface area contributed by atoms with Crippen molar-refractivity contribution in [2.75, 3.05) is 6.54 Å². The molecule has 27 heavy (non-hydrogen) atoms. The largest absolute Gasteiger partial charge is 0.484 e. The lowest BCUT2D eigenvalue weighted by molar-refractivity contribution is 0.0520. The van der Waals surface area contributed by atoms with E-state index < -0.39 is 23.6 Å². The van der Waals surface area contributed by atoms with E-state index in [4.69, 9.17) is 25.5 Å². The number of benzene rings is 1. The van der Waals surface area contributed by atoms with Crippen molar-refractivity contribution in [2.24, 2.45) is 0 Å². The smallest absolute Gasteiger partial charge is 0.407 e. The predicted molar refractivity (Wildman–Crippen MR) is 97.1 cm³/mol. The Balaban J connectivity index is 2.10. The number of rotatable bonds is 6. The summed E-state index contributed by atoms with van der Waals surface area (Å²) in [5.74, 6) is -0.556. The highest BCUT2D eigenvalue weighted by Gasteiger charge is 2.20. The molecule has 1 aromatic carbocycles. The highest BCUT2D eigenvalue weighted by Crippen LogP contribution is 2.31. The van der Waals surface area contributed by atoms with E-state index in [1.807, 2.05) is 6.07 Å². The predicted octanol–water partition coefficient (Wildman–Crippen LogP) is 4.98. The number of furan rings is 1. The van der Waals surface area contributed by atoms with Crippen molar-refractivity contribution in [2.45, 2.75) is 38.9 Å². The summed E-state index contributed by atoms with van der Waals surface area (Å²) in [6.45, 7) is 5.56. The number of nitrogens with one attached hydrogen (secondary N) is 1. The fraction of sp³-hybridized carbons (Fsp3) is 0.368. The van der Waals surface area contributed by atoms with Crippen molar-refractivity contribution < 1.29 is 23.1 Å². The molecule has 1 N–H and O–H groups in total. The second-order valence-electron chi connectivity index (χ2n) is 6.75. The monoisotopic (exact) mass is 394 g/mol. The van der Waals surface area contributed by atoms with E-state index in [1.54, 1.807) is 26.8 Å². The molecule has 0 saturated carbocycles. The van der Waals surface area contributed by atoms with E-state index in [0.717, 1.165) is 6.07 Å². The summed E-state index contributed by atoms with van der Waals surface area (Å²) < 4.78 is 29.7. The molecule has 6 nitrogen and oxygen atoms in total. The molecule has 144 valence electrons. The molecule has 2 rings (SSSR count). The quantitative estimate of drug-likeness (QED) is 0.746. The van der Waals surface area contributed by atoms with Gasteiger partial charge in [-0.1, -0.05) is 11.6 Å². The summed E-state index contributed by atoms with van der Waals surface area (Å²) in [6, 6.07) is 5.85. The zero-order chi connectivity index (χ0) is 20.0. The van der Waals surface area contributed by atoms with Gasteiger partial charge in [0.15, 0.2) is 0 Å². The average Bonchev–Trinajstić information content (AvgIpc) is 3.09. The van der Waals surface area contributed by atoms with E-state index in [0.29, 0.717) is 12.0 Å². The molecule has 0 spiro atoms. The van der Waals surface area contributed by atoms with Gasteiger partial charge in [0.1, 0.15) is 29.3 Å². The number of carbonyl (C=O) groups is 1. The first kappa shape index (κ1) is 20.6. The molecule has 0 aliphatic heterocycles. The van der Waals surface area contributed by atoms with Crippen molar-refractivity contribution in [3.8, 4) is 11.8 Å². The first-order valence-corrected chi connectivity index (χ1v) is 8.62. The Morgan fingerprint density at radius 1 is 1.44 bits per heavy atom. The molecule has 1 amide bonds. The normalized spacial score (nSPS) is 12.1. The van der Waals surface area contributed by atoms with E-state index in [9.17, 15) is 14.4 Å². The van der Waals surface area contributed by atoms with E-state index in [2.05, 4.69) is 5.32 Å². The number of nitrogens with zero attached hydrogens (tertiary/aromatic N) is 1. The van der Waals surface area contributed by atoms with Gasteiger partial charge in [0.25, 0.3) is 0 Å². The van der Waals surface area contributed by atoms with Crippen LogP contribution in [0.25, 0.3) is 0 Å². The minimum atomic E-state index is -0.702. The molecular weight excluding hydrogens is 375 g/mol. The third-order valence-corrected chi connectivity index (χ3v) is 3.69. The van der Waals surface area contributed by atoms with Crippen LogP contribution in [-0.4, -0.2) is 18.2 Å². The second kappa shape index (κ2) is 8.78. The molecule has 1 heterocycles. The summed E-state index contributed by atoms with van der Waals surface area (Å²) in [7, 11) is 0. The molecule has 1 aromatic heterocycles. The van der Waals surface area contributed by atoms with E-state index in [-0.39, 0.29) is 22.9 Å². The molecule has 0 bridgehead atoms. The minimum Gasteiger partial charge on any atom is -0.484 e. The Morgan fingerprint density at radius 3 is 2.78 bits per heavy atom. The van der Waals surface area contributed by atoms with Crippen LogP contribution in [0, 0.1) is 17.1 Å². The van der Waals surface area contributed by atoms with E-state index in [1.165, 1.54) is 18.6 Å². The number of amides is 1. The zero-order valence-electron chi connectivity index (χ0n) is 15.2. The number of carbonyl (C=O) groups excluding carboxylic acids is 1. The minimum absolute atomic E-state index is 0.0190. The number of halogens is 2. The Labute approximate surface area is 161 Å². The molecule has 2 aromatic rings. The Kier molecular flexibility index (Phi) is 6.70. The van der Waals surface area contributed by atoms with Gasteiger partial charge in [-0.15, -0.1) is 0 Å². The van der Waals surface area contributed by atoms with Gasteiger partial charge in [-0.05, 0) is 32.9 Å². The SMILES string of the molecule is CC(C)(C)OC(=O)NCC[C@@H](Oc1cc(Cl)c(F)cc1C#N)c1ccoc1. The fourth-order valence-electron chi connectivity index (χ4n) is 2.24. The van der Waals surface area contributed by atoms with Gasteiger partial charge < -0.3 is 19.2 Å². The van der Waals surface area contributed by atoms with Gasteiger partial charge in [0.05, 0.1) is 23.1 Å². The number of nitriles is 1. The lowest BCUT2D eigenvalue weighted by Crippen LogP contribution is -2.33. The molecule has 1 atom stereocenters. The Bertz CT molecular complexity index is 825. The summed E-state index contributed by atoms with van der Waals surface area (Å²) in [6.07, 6.45) is 2.24. The van der Waals surface area contributed by atoms with Gasteiger partial charge in [-0.3, -0.25) is 0 Å². The van der Waals surface area contributed by atoms with E-state index >= 15 is 0 Å². The number of alkyl carbamates (subject to hydrolysis) is 1. The summed E-state index contributed by atoms with van der Waals surface area (Å²) in [4.78, 5) is 11.8. The van der Waals surface area contributed by atoms with Gasteiger partial charge in [-0.25, -0.2) is 9.18 Å². The van der Waals surface area contributed by atoms with Crippen LogP contribution in [-0.2, 0) is 4.74 Å². The number of hydrogen-bond donors (Lipinski definition) is 1. The standard InChI is InChI=1S/C19H20ClFN2O4/c1-19(2,3)27-18(24)23-6-4-16(12-5-7-25-11-12)26-17-9-14(20)15(21)8-13(17)10-22/h5,7-9,11,16H,4,6H2,1-3H3,(H,23,24)/t16-/m1/s1. The highest BCUT2D eigenvalue weighted by atomic mass is 35.5. The summed E-state index contributed by atoms with van der Waals surface area (Å²) in [5.41, 5.74) is 0.118. The van der Waals surface area contributed by atoms with Crippen LogP contribution in [0.15, 0.2) is 35.1 Å². The highest BCUT2D eigenvalue weighted by molar-refractivity contribution is 6.30. The fourth-order valence-corrected chi connectivity index (χ4v) is 2.39. The zero-order valence-corrected chi connectivity index (χ0v) is 16.0. The first-order chi connectivity index (χ1) is 12.7. The van der Waals surface area contributed by atoms with Gasteiger partial charge in [0, 0.05) is 24.6 Å². The lowest BCUT2D eigenvalue weighted by atomic mass is 10.1. The summed E-state index contributed by atoms with van der Waals surface area (Å²) in [5, 5.41) is 11.7. The molecule has 8 heteroatoms. The van der Waals surface area contributed by atoms with Crippen molar-refractivity contribution in [3.63, 3.8) is 0 Å². The van der Waals surface area contributed by atoms with Crippen LogP contribution < -0.4 is 10.1 Å². The Morgan fingerprint density at radius 2 is 2.19 bits per heavy atom. The van der Waals surface area contributed by atoms with Crippen LogP contribution in [0.2, 0.25) is 5.02 Å². The third-order valence-electron chi connectivity index (χ3n) is 3.40. The lowest BCUT2D eigenvalue weighted by Gasteiger charge is -2.21. The molecule has 0 fully saturated rings. The van der Waals surface area contributed by atoms with Crippen LogP contribution in [0.4, 0.5) is 9.18 Å². The molecule has 0 aliphatic rings. The second-order valence-corrected chi connectivity index (χ2v) is 7.16. The maximum absolute atomic E-state index is 13.6. The van der Waals surface area contributed by atoms with Gasteiger partial charge in [-0.2, -0.15) is 5.26 Å². The molecule has 0 radical (unpaired) electrons. The van der Waals surface area contributed by atoms with Crippen molar-refractivity contribution >= 4 is 17.7 Å². The molecule has 0 aliphatic carbocycles. The van der Waals surface area contributed by atoms with Crippen molar-refractivity contribution in [3.05, 3.63) is 52.7 Å². The molecule has 0 saturated heterocycles. The third kappa shape index (κ3) is 6.19. The number of hydrogen-bond acceptors (Lipinski definition) is 5. The molecular formula is C19H20ClFN2O4. The Hall–Kier alpha value is -2.72. The van der Waals surface area contributed by atoms with Crippen molar-refractivity contribution in [1.82, 2.24) is 5.32 Å². The van der Waals surface area contributed by atoms with Crippen LogP contribution in [0.5, 0.6) is 5.75 Å². The first-order valence-electron chi connectivity index (χ1n) is 8.24. The number of ether oxygens (including phenoxy) is 2. The molecule has 0 unspecified atom stereocenters. The van der Waals surface area contributed by atoms with Crippen LogP contribution in [0.1, 0.15) is 44.4 Å². The maximum Gasteiger partial charge on any atom is 0.407 e. The average molecular weight is 395 g/mol. The van der Waals surface area contributed by atoms with Crippen LogP contribution in [0.3, 0.4) is 0 Å². The van der Waals surface area contributed by atoms with Crippen molar-refractivity contribution in [1.29, 1.82) is 5.26 Å². The van der Waals surface area contributed by atoms with Gasteiger partial charge >= 0.3 is 6.09 Å². The van der Waals surface area contributed by atoms with Crippen LogP contribution >= 0.6 is 11.6 Å². The maximum atomic E-state index is 13.6. The topological polar surface area (TPSA) is 84.5 Å². The summed E-state index contributed by atoms with van der Waals surface area (Å²) >= 11 is 5.80. The van der Waals surface area contributed by atoms with Gasteiger partial charge in [0.2, 0.25) is 0 Å².